The van der Waals surface area contributed by atoms with Crippen molar-refractivity contribution in [1.29, 1.82) is 0 Å². The fourth-order valence-electron chi connectivity index (χ4n) is 4.09. The summed E-state index contributed by atoms with van der Waals surface area (Å²) in [6.45, 7) is 1.31. The van der Waals surface area contributed by atoms with Crippen molar-refractivity contribution in [3.63, 3.8) is 0 Å². The summed E-state index contributed by atoms with van der Waals surface area (Å²) in [5.41, 5.74) is 1.05. The number of carbonyl (C=O) groups is 1. The number of para-hydroxylation sites is 1. The first kappa shape index (κ1) is 12.9. The summed E-state index contributed by atoms with van der Waals surface area (Å²) in [6, 6.07) is 8.56. The molecule has 2 aromatic rings. The van der Waals surface area contributed by atoms with Crippen LogP contribution in [0.25, 0.3) is 10.9 Å². The summed E-state index contributed by atoms with van der Waals surface area (Å²) in [5, 5.41) is 5.48. The van der Waals surface area contributed by atoms with Gasteiger partial charge >= 0.3 is 0 Å². The third kappa shape index (κ3) is 2.23. The van der Waals surface area contributed by atoms with Crippen LogP contribution in [0.15, 0.2) is 30.5 Å². The van der Waals surface area contributed by atoms with E-state index in [0.717, 1.165) is 23.4 Å². The number of likely N-dealkylation sites (tertiary alicyclic amines) is 1. The molecule has 2 atom stereocenters. The number of amides is 1. The Balaban J connectivity index is 1.53. The highest BCUT2D eigenvalue weighted by Crippen LogP contribution is 2.36. The highest BCUT2D eigenvalue weighted by molar-refractivity contribution is 5.82. The minimum Gasteiger partial charge on any atom is -0.338 e. The van der Waals surface area contributed by atoms with Crippen molar-refractivity contribution in [3.8, 4) is 0 Å². The van der Waals surface area contributed by atoms with Gasteiger partial charge in [-0.3, -0.25) is 9.48 Å². The lowest BCUT2D eigenvalue weighted by Crippen LogP contribution is -2.41. The number of rotatable bonds is 2. The van der Waals surface area contributed by atoms with E-state index < -0.39 is 0 Å². The Morgan fingerprint density at radius 2 is 2.05 bits per heavy atom. The van der Waals surface area contributed by atoms with E-state index in [1.807, 2.05) is 35.1 Å². The second-order valence-corrected chi connectivity index (χ2v) is 6.35. The summed E-state index contributed by atoms with van der Waals surface area (Å²) >= 11 is 0. The number of carbonyl (C=O) groups excluding carboxylic acids is 1. The number of hydrogen-bond acceptors (Lipinski definition) is 2. The van der Waals surface area contributed by atoms with Gasteiger partial charge in [0.2, 0.25) is 5.91 Å². The molecule has 1 aliphatic carbocycles. The Labute approximate surface area is 124 Å². The van der Waals surface area contributed by atoms with Crippen LogP contribution in [-0.4, -0.2) is 33.2 Å². The van der Waals surface area contributed by atoms with E-state index in [9.17, 15) is 4.79 Å². The first-order chi connectivity index (χ1) is 10.3. The lowest BCUT2D eigenvalue weighted by Gasteiger charge is -2.31. The molecular formula is C17H21N3O. The van der Waals surface area contributed by atoms with Crippen molar-refractivity contribution >= 4 is 16.8 Å². The van der Waals surface area contributed by atoms with Gasteiger partial charge in [0, 0.05) is 18.0 Å². The van der Waals surface area contributed by atoms with Gasteiger partial charge in [0.1, 0.15) is 6.54 Å². The predicted octanol–water partition coefficient (Wildman–Crippen LogP) is 2.83. The molecule has 1 aromatic heterocycles. The van der Waals surface area contributed by atoms with Gasteiger partial charge in [0.25, 0.3) is 0 Å². The van der Waals surface area contributed by atoms with E-state index in [0.29, 0.717) is 12.6 Å². The Bertz CT molecular complexity index is 663. The molecule has 4 heteroatoms. The molecule has 1 saturated carbocycles. The normalized spacial score (nSPS) is 25.2. The molecule has 0 spiro atoms. The second-order valence-electron chi connectivity index (χ2n) is 6.35. The fourth-order valence-corrected chi connectivity index (χ4v) is 4.09. The van der Waals surface area contributed by atoms with Crippen LogP contribution in [0, 0.1) is 5.92 Å². The molecule has 0 bridgehead atoms. The van der Waals surface area contributed by atoms with Crippen molar-refractivity contribution < 1.29 is 4.79 Å². The lowest BCUT2D eigenvalue weighted by atomic mass is 9.85. The summed E-state index contributed by atoms with van der Waals surface area (Å²) in [6.07, 6.45) is 8.14. The maximum Gasteiger partial charge on any atom is 0.244 e. The molecule has 21 heavy (non-hydrogen) atoms. The smallest absolute Gasteiger partial charge is 0.244 e. The SMILES string of the molecule is O=C(Cn1ncc2ccccc21)N1CCC2CCCCC21. The first-order valence-electron chi connectivity index (χ1n) is 8.03. The van der Waals surface area contributed by atoms with Crippen LogP contribution in [-0.2, 0) is 11.3 Å². The van der Waals surface area contributed by atoms with Gasteiger partial charge in [0.15, 0.2) is 0 Å². The molecule has 1 aliphatic heterocycles. The zero-order valence-electron chi connectivity index (χ0n) is 12.2. The van der Waals surface area contributed by atoms with E-state index in [4.69, 9.17) is 0 Å². The molecule has 0 radical (unpaired) electrons. The van der Waals surface area contributed by atoms with Crippen molar-refractivity contribution in [2.24, 2.45) is 5.92 Å². The maximum atomic E-state index is 12.7. The highest BCUT2D eigenvalue weighted by Gasteiger charge is 2.38. The molecule has 2 aliphatic rings. The molecule has 4 nitrogen and oxygen atoms in total. The van der Waals surface area contributed by atoms with Gasteiger partial charge in [-0.05, 0) is 31.2 Å². The minimum absolute atomic E-state index is 0.234. The van der Waals surface area contributed by atoms with Gasteiger partial charge in [-0.1, -0.05) is 31.0 Å². The van der Waals surface area contributed by atoms with Gasteiger partial charge in [-0.2, -0.15) is 5.10 Å². The Kier molecular flexibility index (Phi) is 3.17. The van der Waals surface area contributed by atoms with Crippen LogP contribution < -0.4 is 0 Å². The summed E-state index contributed by atoms with van der Waals surface area (Å²) in [7, 11) is 0. The third-order valence-electron chi connectivity index (χ3n) is 5.17. The van der Waals surface area contributed by atoms with Gasteiger partial charge in [-0.15, -0.1) is 0 Å². The zero-order chi connectivity index (χ0) is 14.2. The molecule has 1 amide bonds. The van der Waals surface area contributed by atoms with Crippen LogP contribution in [0.3, 0.4) is 0 Å². The fraction of sp³-hybridized carbons (Fsp3) is 0.529. The largest absolute Gasteiger partial charge is 0.338 e. The van der Waals surface area contributed by atoms with E-state index in [2.05, 4.69) is 10.00 Å². The Hall–Kier alpha value is -1.84. The average Bonchev–Trinajstić information content (AvgIpc) is 3.12. The Morgan fingerprint density at radius 3 is 3.00 bits per heavy atom. The summed E-state index contributed by atoms with van der Waals surface area (Å²) in [4.78, 5) is 14.8. The number of aromatic nitrogens is 2. The molecule has 2 heterocycles. The van der Waals surface area contributed by atoms with Crippen LogP contribution in [0.2, 0.25) is 0 Å². The first-order valence-corrected chi connectivity index (χ1v) is 8.03. The number of nitrogens with zero attached hydrogens (tertiary/aromatic N) is 3. The molecule has 2 unspecified atom stereocenters. The Morgan fingerprint density at radius 1 is 1.19 bits per heavy atom. The van der Waals surface area contributed by atoms with Crippen LogP contribution >= 0.6 is 0 Å². The number of hydrogen-bond donors (Lipinski definition) is 0. The van der Waals surface area contributed by atoms with E-state index in [1.54, 1.807) is 0 Å². The molecule has 2 fully saturated rings. The van der Waals surface area contributed by atoms with Crippen LogP contribution in [0.1, 0.15) is 32.1 Å². The van der Waals surface area contributed by atoms with Crippen molar-refractivity contribution in [1.82, 2.24) is 14.7 Å². The summed E-state index contributed by atoms with van der Waals surface area (Å²) < 4.78 is 1.84. The van der Waals surface area contributed by atoms with E-state index in [1.165, 1.54) is 32.1 Å². The van der Waals surface area contributed by atoms with Crippen molar-refractivity contribution in [3.05, 3.63) is 30.5 Å². The van der Waals surface area contributed by atoms with Crippen molar-refractivity contribution in [2.45, 2.75) is 44.7 Å². The zero-order valence-corrected chi connectivity index (χ0v) is 12.2. The molecule has 4 rings (SSSR count). The molecule has 1 saturated heterocycles. The molecule has 0 N–H and O–H groups in total. The monoisotopic (exact) mass is 283 g/mol. The van der Waals surface area contributed by atoms with Crippen LogP contribution in [0.4, 0.5) is 0 Å². The van der Waals surface area contributed by atoms with Gasteiger partial charge < -0.3 is 4.90 Å². The third-order valence-corrected chi connectivity index (χ3v) is 5.17. The quantitative estimate of drug-likeness (QED) is 0.850. The second kappa shape index (κ2) is 5.17. The molecule has 1 aromatic carbocycles. The maximum absolute atomic E-state index is 12.7. The molecular weight excluding hydrogens is 262 g/mol. The van der Waals surface area contributed by atoms with E-state index >= 15 is 0 Å². The average molecular weight is 283 g/mol. The summed E-state index contributed by atoms with van der Waals surface area (Å²) in [5.74, 6) is 0.982. The van der Waals surface area contributed by atoms with E-state index in [-0.39, 0.29) is 5.91 Å². The van der Waals surface area contributed by atoms with Gasteiger partial charge in [-0.25, -0.2) is 0 Å². The number of fused-ring (bicyclic) bond motifs is 2. The standard InChI is InChI=1S/C17H21N3O/c21-17(19-10-9-13-5-1-3-7-15(13)19)12-20-16-8-4-2-6-14(16)11-18-20/h2,4,6,8,11,13,15H,1,3,5,7,9-10,12H2. The number of benzene rings is 1. The topological polar surface area (TPSA) is 38.1 Å². The van der Waals surface area contributed by atoms with Gasteiger partial charge in [0.05, 0.1) is 11.7 Å². The van der Waals surface area contributed by atoms with Crippen LogP contribution in [0.5, 0.6) is 0 Å². The minimum atomic E-state index is 0.234. The molecule has 110 valence electrons. The highest BCUT2D eigenvalue weighted by atomic mass is 16.2. The predicted molar refractivity (Wildman–Crippen MR) is 81.8 cm³/mol. The lowest BCUT2D eigenvalue weighted by molar-refractivity contribution is -0.133. The van der Waals surface area contributed by atoms with Crippen molar-refractivity contribution in [2.75, 3.05) is 6.54 Å².